The first-order valence-corrected chi connectivity index (χ1v) is 11.2. The lowest BCUT2D eigenvalue weighted by Crippen LogP contribution is -2.38. The Morgan fingerprint density at radius 1 is 0.808 bits per heavy atom. The highest BCUT2D eigenvalue weighted by Crippen LogP contribution is 2.41. The van der Waals surface area contributed by atoms with Crippen LogP contribution in [-0.4, -0.2) is 24.6 Å². The number of alkyl halides is 1. The molecule has 0 spiro atoms. The molecule has 3 atom stereocenters. The molecule has 3 fully saturated rings. The molecule has 1 aromatic carbocycles. The summed E-state index contributed by atoms with van der Waals surface area (Å²) in [6, 6.07) is 10.5. The first-order chi connectivity index (χ1) is 12.8. The van der Waals surface area contributed by atoms with Crippen molar-refractivity contribution >= 4 is 18.7 Å². The standard InChI is InChI=1S/C22H32BClO2/c24-20(16-17-10-4-1-5-11-17)23-25-21(18-12-6-2-7-13-18)22(26-23)19-14-8-3-9-15-19/h1,4-5,10-11,18-22H,2-3,6-9,12-16H2. The summed E-state index contributed by atoms with van der Waals surface area (Å²) in [4.78, 5) is 0. The molecule has 0 N–H and O–H groups in total. The normalized spacial score (nSPS) is 29.8. The minimum absolute atomic E-state index is 0.114. The molecular formula is C22H32BClO2. The van der Waals surface area contributed by atoms with Crippen molar-refractivity contribution in [2.45, 2.75) is 88.1 Å². The van der Waals surface area contributed by atoms with E-state index in [1.54, 1.807) is 0 Å². The van der Waals surface area contributed by atoms with Gasteiger partial charge in [-0.25, -0.2) is 0 Å². The highest BCUT2D eigenvalue weighted by molar-refractivity contribution is 6.59. The van der Waals surface area contributed by atoms with Crippen LogP contribution < -0.4 is 0 Å². The third-order valence-corrected chi connectivity index (χ3v) is 7.06. The predicted octanol–water partition coefficient (Wildman–Crippen LogP) is 5.81. The van der Waals surface area contributed by atoms with Crippen LogP contribution in [0.1, 0.15) is 69.8 Å². The van der Waals surface area contributed by atoms with Crippen molar-refractivity contribution in [3.63, 3.8) is 0 Å². The summed E-state index contributed by atoms with van der Waals surface area (Å²) in [5.41, 5.74) is 1.26. The minimum atomic E-state index is -0.254. The summed E-state index contributed by atoms with van der Waals surface area (Å²) < 4.78 is 13.1. The Morgan fingerprint density at radius 3 is 1.81 bits per heavy atom. The fourth-order valence-corrected chi connectivity index (χ4v) is 5.58. The molecule has 2 nitrogen and oxygen atoms in total. The smallest absolute Gasteiger partial charge is 0.404 e. The second-order valence-electron chi connectivity index (χ2n) is 8.57. The van der Waals surface area contributed by atoms with E-state index in [1.165, 1.54) is 69.8 Å². The van der Waals surface area contributed by atoms with Gasteiger partial charge in [-0.15, -0.1) is 11.6 Å². The topological polar surface area (TPSA) is 18.5 Å². The van der Waals surface area contributed by atoms with Crippen LogP contribution in [0.5, 0.6) is 0 Å². The van der Waals surface area contributed by atoms with Crippen LogP contribution in [0, 0.1) is 11.8 Å². The summed E-state index contributed by atoms with van der Waals surface area (Å²) in [6.45, 7) is 0. The molecular weight excluding hydrogens is 343 g/mol. The van der Waals surface area contributed by atoms with E-state index < -0.39 is 0 Å². The van der Waals surface area contributed by atoms with E-state index in [9.17, 15) is 0 Å². The van der Waals surface area contributed by atoms with E-state index in [-0.39, 0.29) is 24.6 Å². The van der Waals surface area contributed by atoms with Gasteiger partial charge in [0.05, 0.1) is 17.5 Å². The van der Waals surface area contributed by atoms with Crippen LogP contribution in [0.15, 0.2) is 30.3 Å². The zero-order valence-electron chi connectivity index (χ0n) is 15.8. The van der Waals surface area contributed by atoms with Gasteiger partial charge in [0.2, 0.25) is 0 Å². The zero-order valence-corrected chi connectivity index (χ0v) is 16.6. The van der Waals surface area contributed by atoms with Gasteiger partial charge in [0.1, 0.15) is 0 Å². The van der Waals surface area contributed by atoms with Gasteiger partial charge >= 0.3 is 7.12 Å². The zero-order chi connectivity index (χ0) is 17.8. The Morgan fingerprint density at radius 2 is 1.31 bits per heavy atom. The Labute approximate surface area is 164 Å². The van der Waals surface area contributed by atoms with Gasteiger partial charge < -0.3 is 9.31 Å². The number of hydrogen-bond acceptors (Lipinski definition) is 2. The molecule has 1 aliphatic heterocycles. The lowest BCUT2D eigenvalue weighted by Gasteiger charge is -2.35. The number of rotatable bonds is 5. The van der Waals surface area contributed by atoms with Crippen LogP contribution in [0.25, 0.3) is 0 Å². The molecule has 0 amide bonds. The van der Waals surface area contributed by atoms with Crippen molar-refractivity contribution in [2.24, 2.45) is 11.8 Å². The van der Waals surface area contributed by atoms with E-state index in [0.717, 1.165) is 6.42 Å². The average molecular weight is 375 g/mol. The highest BCUT2D eigenvalue weighted by Gasteiger charge is 2.49. The van der Waals surface area contributed by atoms with E-state index in [2.05, 4.69) is 24.3 Å². The highest BCUT2D eigenvalue weighted by atomic mass is 35.5. The number of benzene rings is 1. The average Bonchev–Trinajstić information content (AvgIpc) is 3.16. The van der Waals surface area contributed by atoms with Crippen LogP contribution in [0.3, 0.4) is 0 Å². The lowest BCUT2D eigenvalue weighted by atomic mass is 9.77. The van der Waals surface area contributed by atoms with Crippen molar-refractivity contribution in [1.29, 1.82) is 0 Å². The quantitative estimate of drug-likeness (QED) is 0.478. The van der Waals surface area contributed by atoms with Gasteiger partial charge in [-0.2, -0.15) is 0 Å². The van der Waals surface area contributed by atoms with Gasteiger partial charge in [0.25, 0.3) is 0 Å². The molecule has 1 aromatic rings. The maximum absolute atomic E-state index is 6.78. The first-order valence-electron chi connectivity index (χ1n) is 10.8. The van der Waals surface area contributed by atoms with Crippen LogP contribution in [0.4, 0.5) is 0 Å². The molecule has 0 bridgehead atoms. The SMILES string of the molecule is ClC(Cc1ccccc1)B1OC(C2CCCCC2)C(C2CCCCC2)O1. The Balaban J connectivity index is 1.44. The molecule has 3 unspecified atom stereocenters. The molecule has 1 heterocycles. The summed E-state index contributed by atoms with van der Waals surface area (Å²) in [5, 5.41) is -0.114. The monoisotopic (exact) mass is 374 g/mol. The van der Waals surface area contributed by atoms with Crippen molar-refractivity contribution in [1.82, 2.24) is 0 Å². The number of hydrogen-bond donors (Lipinski definition) is 0. The lowest BCUT2D eigenvalue weighted by molar-refractivity contribution is 0.0324. The Bertz CT molecular complexity index is 516. The van der Waals surface area contributed by atoms with Gasteiger partial charge in [-0.1, -0.05) is 68.9 Å². The summed E-state index contributed by atoms with van der Waals surface area (Å²) in [5.74, 6) is 1.34. The Hall–Kier alpha value is -0.505. The van der Waals surface area contributed by atoms with Gasteiger partial charge in [-0.05, 0) is 49.5 Å². The van der Waals surface area contributed by atoms with Gasteiger partial charge in [0, 0.05) is 0 Å². The predicted molar refractivity (Wildman–Crippen MR) is 108 cm³/mol. The molecule has 2 aliphatic carbocycles. The molecule has 0 radical (unpaired) electrons. The maximum Gasteiger partial charge on any atom is 0.476 e. The van der Waals surface area contributed by atoms with Crippen LogP contribution in [-0.2, 0) is 15.7 Å². The third-order valence-electron chi connectivity index (χ3n) is 6.70. The molecule has 4 heteroatoms. The molecule has 142 valence electrons. The van der Waals surface area contributed by atoms with Crippen molar-refractivity contribution < 1.29 is 9.31 Å². The minimum Gasteiger partial charge on any atom is -0.404 e. The van der Waals surface area contributed by atoms with Gasteiger partial charge in [0.15, 0.2) is 0 Å². The van der Waals surface area contributed by atoms with Crippen LogP contribution >= 0.6 is 11.6 Å². The van der Waals surface area contributed by atoms with E-state index >= 15 is 0 Å². The van der Waals surface area contributed by atoms with E-state index in [4.69, 9.17) is 20.9 Å². The number of halogens is 1. The molecule has 4 rings (SSSR count). The molecule has 2 saturated carbocycles. The fraction of sp³-hybridized carbons (Fsp3) is 0.727. The second-order valence-corrected chi connectivity index (χ2v) is 9.13. The van der Waals surface area contributed by atoms with E-state index in [1.807, 2.05) is 6.07 Å². The molecule has 26 heavy (non-hydrogen) atoms. The first kappa shape index (κ1) is 18.8. The summed E-state index contributed by atoms with van der Waals surface area (Å²) in [7, 11) is -0.254. The molecule has 0 aromatic heterocycles. The molecule has 1 saturated heterocycles. The third kappa shape index (κ3) is 4.48. The maximum atomic E-state index is 6.78. The molecule has 3 aliphatic rings. The van der Waals surface area contributed by atoms with Crippen molar-refractivity contribution in [3.05, 3.63) is 35.9 Å². The summed E-state index contributed by atoms with van der Waals surface area (Å²) >= 11 is 6.78. The van der Waals surface area contributed by atoms with Crippen molar-refractivity contribution in [2.75, 3.05) is 0 Å². The fourth-order valence-electron chi connectivity index (χ4n) is 5.29. The second kappa shape index (κ2) is 9.12. The van der Waals surface area contributed by atoms with Crippen LogP contribution in [0.2, 0.25) is 0 Å². The Kier molecular flexibility index (Phi) is 6.61. The summed E-state index contributed by atoms with van der Waals surface area (Å²) in [6.07, 6.45) is 14.7. The van der Waals surface area contributed by atoms with E-state index in [0.29, 0.717) is 11.8 Å². The van der Waals surface area contributed by atoms with Crippen molar-refractivity contribution in [3.8, 4) is 0 Å². The largest absolute Gasteiger partial charge is 0.476 e. The van der Waals surface area contributed by atoms with Gasteiger partial charge in [-0.3, -0.25) is 0 Å².